The monoisotopic (exact) mass is 376 g/mol. The van der Waals surface area contributed by atoms with Gasteiger partial charge < -0.3 is 0 Å². The molecule has 142 valence electrons. The summed E-state index contributed by atoms with van der Waals surface area (Å²) < 4.78 is 0. The van der Waals surface area contributed by atoms with Crippen molar-refractivity contribution in [1.82, 2.24) is 0 Å². The normalized spacial score (nSPS) is 11.9. The molecule has 0 bridgehead atoms. The fourth-order valence-electron chi connectivity index (χ4n) is 4.03. The van der Waals surface area contributed by atoms with E-state index >= 15 is 0 Å². The Kier molecular flexibility index (Phi) is 5.97. The van der Waals surface area contributed by atoms with Crippen LogP contribution in [0.15, 0.2) is 121 Å². The molecule has 0 radical (unpaired) electrons. The Morgan fingerprint density at radius 1 is 0.517 bits per heavy atom. The molecule has 0 spiro atoms. The molecule has 0 aliphatic rings. The van der Waals surface area contributed by atoms with Gasteiger partial charge >= 0.3 is 0 Å². The predicted molar refractivity (Wildman–Crippen MR) is 119 cm³/mol. The Hall–Kier alpha value is -3.45. The van der Waals surface area contributed by atoms with Crippen molar-refractivity contribution in [2.45, 2.75) is 18.3 Å². The van der Waals surface area contributed by atoms with Gasteiger partial charge in [-0.3, -0.25) is 4.79 Å². The molecule has 0 heterocycles. The number of ketones is 1. The second-order valence-electron chi connectivity index (χ2n) is 7.32. The topological polar surface area (TPSA) is 17.1 Å². The van der Waals surface area contributed by atoms with Gasteiger partial charge in [0.2, 0.25) is 0 Å². The second-order valence-corrected chi connectivity index (χ2v) is 7.32. The van der Waals surface area contributed by atoms with Gasteiger partial charge in [0.25, 0.3) is 0 Å². The number of hydrogen-bond acceptors (Lipinski definition) is 1. The van der Waals surface area contributed by atoms with Crippen LogP contribution in [0.3, 0.4) is 0 Å². The van der Waals surface area contributed by atoms with Gasteiger partial charge in [0.05, 0.1) is 5.92 Å². The average molecular weight is 376 g/mol. The van der Waals surface area contributed by atoms with Gasteiger partial charge in [-0.25, -0.2) is 0 Å². The summed E-state index contributed by atoms with van der Waals surface area (Å²) in [4.78, 5) is 13.7. The quantitative estimate of drug-likeness (QED) is 0.364. The molecule has 0 aromatic heterocycles. The van der Waals surface area contributed by atoms with Crippen molar-refractivity contribution >= 4 is 5.78 Å². The van der Waals surface area contributed by atoms with E-state index in [4.69, 9.17) is 0 Å². The van der Waals surface area contributed by atoms with Gasteiger partial charge in [0.15, 0.2) is 0 Å². The van der Waals surface area contributed by atoms with Crippen molar-refractivity contribution in [1.29, 1.82) is 0 Å². The Morgan fingerprint density at radius 3 is 1.34 bits per heavy atom. The van der Waals surface area contributed by atoms with Crippen LogP contribution in [0, 0.1) is 0 Å². The third-order valence-corrected chi connectivity index (χ3v) is 5.38. The lowest BCUT2D eigenvalue weighted by Crippen LogP contribution is -2.23. The molecule has 0 amide bonds. The number of rotatable bonds is 7. The molecule has 1 atom stereocenters. The summed E-state index contributed by atoms with van der Waals surface area (Å²) in [5, 5.41) is 0. The van der Waals surface area contributed by atoms with Crippen molar-refractivity contribution in [3.8, 4) is 0 Å². The third kappa shape index (κ3) is 4.52. The van der Waals surface area contributed by atoms with Crippen LogP contribution in [0.1, 0.15) is 34.1 Å². The first-order valence-corrected chi connectivity index (χ1v) is 10.0. The van der Waals surface area contributed by atoms with Gasteiger partial charge in [-0.15, -0.1) is 0 Å². The molecule has 4 aromatic carbocycles. The van der Waals surface area contributed by atoms with Gasteiger partial charge in [-0.05, 0) is 22.3 Å². The highest BCUT2D eigenvalue weighted by Gasteiger charge is 2.32. The molecule has 4 aromatic rings. The minimum Gasteiger partial charge on any atom is -0.299 e. The van der Waals surface area contributed by atoms with Crippen LogP contribution in [0.25, 0.3) is 0 Å². The zero-order valence-electron chi connectivity index (χ0n) is 16.3. The molecule has 1 heteroatoms. The van der Waals surface area contributed by atoms with Crippen molar-refractivity contribution in [2.75, 3.05) is 0 Å². The Balaban J connectivity index is 1.82. The van der Waals surface area contributed by atoms with E-state index in [2.05, 4.69) is 60.7 Å². The van der Waals surface area contributed by atoms with E-state index in [1.54, 1.807) is 0 Å². The Labute approximate surface area is 172 Å². The Morgan fingerprint density at radius 2 is 0.897 bits per heavy atom. The average Bonchev–Trinajstić information content (AvgIpc) is 2.79. The van der Waals surface area contributed by atoms with Crippen molar-refractivity contribution in [3.05, 3.63) is 144 Å². The van der Waals surface area contributed by atoms with Crippen LogP contribution >= 0.6 is 0 Å². The van der Waals surface area contributed by atoms with Crippen molar-refractivity contribution < 1.29 is 4.79 Å². The molecule has 0 N–H and O–H groups in total. The first kappa shape index (κ1) is 18.9. The van der Waals surface area contributed by atoms with Crippen LogP contribution in [-0.4, -0.2) is 5.78 Å². The predicted octanol–water partition coefficient (Wildman–Crippen LogP) is 6.41. The van der Waals surface area contributed by atoms with E-state index in [1.807, 2.05) is 60.7 Å². The summed E-state index contributed by atoms with van der Waals surface area (Å²) in [5.74, 6) is -0.0441. The zero-order valence-corrected chi connectivity index (χ0v) is 16.3. The molecule has 0 aliphatic carbocycles. The van der Waals surface area contributed by atoms with Crippen LogP contribution in [0.2, 0.25) is 0 Å². The molecule has 0 saturated heterocycles. The maximum atomic E-state index is 13.7. The minimum absolute atomic E-state index is 0.0315. The molecule has 1 nitrogen and oxygen atoms in total. The number of benzene rings is 4. The highest BCUT2D eigenvalue weighted by atomic mass is 16.1. The van der Waals surface area contributed by atoms with Gasteiger partial charge in [0.1, 0.15) is 5.78 Å². The van der Waals surface area contributed by atoms with E-state index in [0.29, 0.717) is 6.42 Å². The van der Waals surface area contributed by atoms with Crippen LogP contribution in [0.5, 0.6) is 0 Å². The summed E-state index contributed by atoms with van der Waals surface area (Å²) in [6, 6.07) is 41.0. The van der Waals surface area contributed by atoms with Crippen molar-refractivity contribution in [2.24, 2.45) is 0 Å². The number of carbonyl (C=O) groups excluding carboxylic acids is 1. The first-order chi connectivity index (χ1) is 14.3. The first-order valence-electron chi connectivity index (χ1n) is 10.0. The smallest absolute Gasteiger partial charge is 0.145 e. The third-order valence-electron chi connectivity index (χ3n) is 5.38. The van der Waals surface area contributed by atoms with E-state index in [-0.39, 0.29) is 17.6 Å². The fraction of sp³-hybridized carbons (Fsp3) is 0.107. The molecular formula is C28H24O. The number of hydrogen-bond donors (Lipinski definition) is 0. The van der Waals surface area contributed by atoms with E-state index in [1.165, 1.54) is 0 Å². The highest BCUT2D eigenvalue weighted by Crippen LogP contribution is 2.39. The molecular weight excluding hydrogens is 352 g/mol. The maximum Gasteiger partial charge on any atom is 0.145 e. The molecule has 29 heavy (non-hydrogen) atoms. The van der Waals surface area contributed by atoms with Crippen LogP contribution in [0.4, 0.5) is 0 Å². The second kappa shape index (κ2) is 9.16. The summed E-state index contributed by atoms with van der Waals surface area (Å²) in [5.41, 5.74) is 4.44. The van der Waals surface area contributed by atoms with Gasteiger partial charge in [-0.1, -0.05) is 121 Å². The van der Waals surface area contributed by atoms with E-state index in [0.717, 1.165) is 22.3 Å². The summed E-state index contributed by atoms with van der Waals surface area (Å²) in [6.45, 7) is 0. The lowest BCUT2D eigenvalue weighted by Gasteiger charge is -2.28. The van der Waals surface area contributed by atoms with Crippen LogP contribution < -0.4 is 0 Å². The SMILES string of the molecule is O=C(Cc1ccccc1)[C@H](c1ccccc1)C(c1ccccc1)c1ccccc1. The summed E-state index contributed by atoms with van der Waals surface area (Å²) in [6.07, 6.45) is 0.427. The van der Waals surface area contributed by atoms with E-state index in [9.17, 15) is 4.79 Å². The lowest BCUT2D eigenvalue weighted by atomic mass is 9.74. The highest BCUT2D eigenvalue weighted by molar-refractivity contribution is 5.89. The minimum atomic E-state index is -0.249. The zero-order chi connectivity index (χ0) is 19.9. The van der Waals surface area contributed by atoms with Gasteiger partial charge in [0, 0.05) is 12.3 Å². The number of carbonyl (C=O) groups is 1. The standard InChI is InChI=1S/C28H24O/c29-26(21-22-13-5-1-6-14-22)28(25-19-11-4-12-20-25)27(23-15-7-2-8-16-23)24-17-9-3-10-18-24/h1-20,27-28H,21H2/t28-/m0/s1. The molecule has 0 saturated carbocycles. The van der Waals surface area contributed by atoms with Crippen LogP contribution in [-0.2, 0) is 11.2 Å². The summed E-state index contributed by atoms with van der Waals surface area (Å²) in [7, 11) is 0. The van der Waals surface area contributed by atoms with E-state index < -0.39 is 0 Å². The van der Waals surface area contributed by atoms with Crippen molar-refractivity contribution in [3.63, 3.8) is 0 Å². The summed E-state index contributed by atoms with van der Waals surface area (Å²) >= 11 is 0. The molecule has 4 rings (SSSR count). The number of Topliss-reactive ketones (excluding diaryl/α,β-unsaturated/α-hetero) is 1. The molecule has 0 aliphatic heterocycles. The Bertz CT molecular complexity index is 985. The maximum absolute atomic E-state index is 13.7. The fourth-order valence-corrected chi connectivity index (χ4v) is 4.03. The lowest BCUT2D eigenvalue weighted by molar-refractivity contribution is -0.120. The largest absolute Gasteiger partial charge is 0.299 e. The van der Waals surface area contributed by atoms with Gasteiger partial charge in [-0.2, -0.15) is 0 Å². The molecule has 0 unspecified atom stereocenters. The molecule has 0 fully saturated rings.